The van der Waals surface area contributed by atoms with Crippen LogP contribution in [0, 0.1) is 0 Å². The summed E-state index contributed by atoms with van der Waals surface area (Å²) in [6, 6.07) is 7.01. The number of nitrogens with zero attached hydrogens (tertiary/aromatic N) is 3. The highest BCUT2D eigenvalue weighted by Gasteiger charge is 2.19. The third-order valence-electron chi connectivity index (χ3n) is 3.49. The lowest BCUT2D eigenvalue weighted by molar-refractivity contribution is 0.102. The Bertz CT molecular complexity index is 652. The summed E-state index contributed by atoms with van der Waals surface area (Å²) in [6.45, 7) is 1.93. The molecule has 21 heavy (non-hydrogen) atoms. The Morgan fingerprint density at radius 3 is 2.62 bits per heavy atom. The van der Waals surface area contributed by atoms with E-state index in [4.69, 9.17) is 5.73 Å². The molecule has 6 nitrogen and oxygen atoms in total. The van der Waals surface area contributed by atoms with Crippen LogP contribution in [0.3, 0.4) is 0 Å². The summed E-state index contributed by atoms with van der Waals surface area (Å²) in [7, 11) is 0. The van der Waals surface area contributed by atoms with E-state index < -0.39 is 0 Å². The summed E-state index contributed by atoms with van der Waals surface area (Å²) < 4.78 is 0. The van der Waals surface area contributed by atoms with Crippen LogP contribution in [0.5, 0.6) is 0 Å². The Hall–Kier alpha value is -2.63. The lowest BCUT2D eigenvalue weighted by Crippen LogP contribution is -2.23. The van der Waals surface area contributed by atoms with Crippen LogP contribution >= 0.6 is 0 Å². The predicted molar refractivity (Wildman–Crippen MR) is 82.3 cm³/mol. The van der Waals surface area contributed by atoms with Crippen LogP contribution in [-0.2, 0) is 0 Å². The molecule has 3 rings (SSSR count). The number of amides is 1. The summed E-state index contributed by atoms with van der Waals surface area (Å²) in [4.78, 5) is 22.9. The molecule has 6 heteroatoms. The Morgan fingerprint density at radius 1 is 1.14 bits per heavy atom. The van der Waals surface area contributed by atoms with Crippen molar-refractivity contribution in [3.63, 3.8) is 0 Å². The minimum atomic E-state index is -0.318. The number of rotatable bonds is 3. The summed E-state index contributed by atoms with van der Waals surface area (Å²) >= 11 is 0. The van der Waals surface area contributed by atoms with Gasteiger partial charge in [-0.2, -0.15) is 0 Å². The van der Waals surface area contributed by atoms with Crippen LogP contribution in [0.2, 0.25) is 0 Å². The average molecular weight is 283 g/mol. The van der Waals surface area contributed by atoms with E-state index in [1.165, 1.54) is 0 Å². The fourth-order valence-electron chi connectivity index (χ4n) is 2.46. The zero-order valence-electron chi connectivity index (χ0n) is 11.6. The Balaban J connectivity index is 1.85. The van der Waals surface area contributed by atoms with Crippen molar-refractivity contribution in [2.24, 2.45) is 0 Å². The lowest BCUT2D eigenvalue weighted by atomic mass is 10.2. The summed E-state index contributed by atoms with van der Waals surface area (Å²) in [5, 5.41) is 2.86. The van der Waals surface area contributed by atoms with Gasteiger partial charge in [0, 0.05) is 25.5 Å². The lowest BCUT2D eigenvalue weighted by Gasteiger charge is -2.19. The van der Waals surface area contributed by atoms with Crippen molar-refractivity contribution in [3.05, 3.63) is 42.4 Å². The van der Waals surface area contributed by atoms with Crippen LogP contribution < -0.4 is 16.0 Å². The SMILES string of the molecule is Nc1cccnc1C(=O)Nc1cccnc1N1CCCC1. The summed E-state index contributed by atoms with van der Waals surface area (Å²) in [5.74, 6) is 0.486. The molecule has 1 fully saturated rings. The Labute approximate surface area is 123 Å². The molecule has 2 aromatic heterocycles. The van der Waals surface area contributed by atoms with Crippen LogP contribution in [0.4, 0.5) is 17.2 Å². The standard InChI is InChI=1S/C15H17N5O/c16-11-5-3-7-17-13(11)15(21)19-12-6-4-8-18-14(12)20-9-1-2-10-20/h3-8H,1-2,9-10,16H2,(H,19,21). The highest BCUT2D eigenvalue weighted by Crippen LogP contribution is 2.26. The Morgan fingerprint density at radius 2 is 1.86 bits per heavy atom. The first kappa shape index (κ1) is 13.4. The van der Waals surface area contributed by atoms with Gasteiger partial charge in [-0.25, -0.2) is 9.97 Å². The zero-order valence-corrected chi connectivity index (χ0v) is 11.6. The highest BCUT2D eigenvalue weighted by molar-refractivity contribution is 6.07. The number of carbonyl (C=O) groups excluding carboxylic acids is 1. The molecule has 3 N–H and O–H groups in total. The van der Waals surface area contributed by atoms with Gasteiger partial charge in [-0.15, -0.1) is 0 Å². The van der Waals surface area contributed by atoms with Crippen molar-refractivity contribution in [1.29, 1.82) is 0 Å². The van der Waals surface area contributed by atoms with Crippen LogP contribution in [0.25, 0.3) is 0 Å². The molecule has 1 amide bonds. The topological polar surface area (TPSA) is 84.1 Å². The van der Waals surface area contributed by atoms with E-state index in [1.807, 2.05) is 6.07 Å². The number of anilines is 3. The molecule has 2 aromatic rings. The summed E-state index contributed by atoms with van der Waals surface area (Å²) in [6.07, 6.45) is 5.59. The maximum atomic E-state index is 12.3. The molecular weight excluding hydrogens is 266 g/mol. The molecule has 0 atom stereocenters. The second-order valence-electron chi connectivity index (χ2n) is 4.96. The van der Waals surface area contributed by atoms with Gasteiger partial charge in [-0.1, -0.05) is 0 Å². The minimum Gasteiger partial charge on any atom is -0.397 e. The number of nitrogens with two attached hydrogens (primary N) is 1. The van der Waals surface area contributed by atoms with Gasteiger partial charge < -0.3 is 16.0 Å². The zero-order chi connectivity index (χ0) is 14.7. The maximum Gasteiger partial charge on any atom is 0.276 e. The molecule has 0 bridgehead atoms. The third-order valence-corrected chi connectivity index (χ3v) is 3.49. The van der Waals surface area contributed by atoms with Gasteiger partial charge in [-0.05, 0) is 37.1 Å². The predicted octanol–water partition coefficient (Wildman–Crippen LogP) is 1.91. The number of nitrogens with one attached hydrogen (secondary N) is 1. The molecule has 0 saturated carbocycles. The molecule has 0 spiro atoms. The molecule has 3 heterocycles. The van der Waals surface area contributed by atoms with Gasteiger partial charge in [0.05, 0.1) is 11.4 Å². The van der Waals surface area contributed by atoms with E-state index in [2.05, 4.69) is 20.2 Å². The molecule has 1 aliphatic rings. The van der Waals surface area contributed by atoms with Crippen molar-refractivity contribution in [2.75, 3.05) is 29.0 Å². The monoisotopic (exact) mass is 283 g/mol. The van der Waals surface area contributed by atoms with Gasteiger partial charge in [0.15, 0.2) is 11.5 Å². The smallest absolute Gasteiger partial charge is 0.276 e. The van der Waals surface area contributed by atoms with Crippen LogP contribution in [0.1, 0.15) is 23.3 Å². The molecule has 1 aliphatic heterocycles. The summed E-state index contributed by atoms with van der Waals surface area (Å²) in [5.41, 5.74) is 7.07. The van der Waals surface area contributed by atoms with E-state index >= 15 is 0 Å². The number of hydrogen-bond donors (Lipinski definition) is 2. The normalized spacial score (nSPS) is 14.2. The van der Waals surface area contributed by atoms with Crippen molar-refractivity contribution in [1.82, 2.24) is 9.97 Å². The largest absolute Gasteiger partial charge is 0.397 e. The van der Waals surface area contributed by atoms with Gasteiger partial charge in [-0.3, -0.25) is 4.79 Å². The maximum absolute atomic E-state index is 12.3. The fraction of sp³-hybridized carbons (Fsp3) is 0.267. The minimum absolute atomic E-state index is 0.230. The van der Waals surface area contributed by atoms with E-state index in [1.54, 1.807) is 30.6 Å². The average Bonchev–Trinajstić information content (AvgIpc) is 3.02. The Kier molecular flexibility index (Phi) is 3.68. The molecular formula is C15H17N5O. The van der Waals surface area contributed by atoms with Crippen molar-refractivity contribution in [2.45, 2.75) is 12.8 Å². The number of pyridine rings is 2. The fourth-order valence-corrected chi connectivity index (χ4v) is 2.46. The molecule has 0 aliphatic carbocycles. The van der Waals surface area contributed by atoms with Crippen LogP contribution in [-0.4, -0.2) is 29.0 Å². The van der Waals surface area contributed by atoms with Gasteiger partial charge in [0.25, 0.3) is 5.91 Å². The van der Waals surface area contributed by atoms with E-state index in [0.29, 0.717) is 11.4 Å². The van der Waals surface area contributed by atoms with Crippen molar-refractivity contribution < 1.29 is 4.79 Å². The molecule has 108 valence electrons. The second-order valence-corrected chi connectivity index (χ2v) is 4.96. The molecule has 0 radical (unpaired) electrons. The highest BCUT2D eigenvalue weighted by atomic mass is 16.1. The van der Waals surface area contributed by atoms with Crippen molar-refractivity contribution >= 4 is 23.1 Å². The molecule has 1 saturated heterocycles. The van der Waals surface area contributed by atoms with Gasteiger partial charge >= 0.3 is 0 Å². The number of carbonyl (C=O) groups is 1. The van der Waals surface area contributed by atoms with Gasteiger partial charge in [0.1, 0.15) is 0 Å². The quantitative estimate of drug-likeness (QED) is 0.899. The first-order chi connectivity index (χ1) is 10.3. The first-order valence-electron chi connectivity index (χ1n) is 6.97. The second kappa shape index (κ2) is 5.78. The first-order valence-corrected chi connectivity index (χ1v) is 6.97. The van der Waals surface area contributed by atoms with E-state index in [-0.39, 0.29) is 11.6 Å². The number of nitrogen functional groups attached to an aromatic ring is 1. The third kappa shape index (κ3) is 2.79. The van der Waals surface area contributed by atoms with Gasteiger partial charge in [0.2, 0.25) is 0 Å². The molecule has 0 aromatic carbocycles. The molecule has 0 unspecified atom stereocenters. The van der Waals surface area contributed by atoms with E-state index in [9.17, 15) is 4.79 Å². The van der Waals surface area contributed by atoms with E-state index in [0.717, 1.165) is 31.7 Å². The van der Waals surface area contributed by atoms with Crippen LogP contribution in [0.15, 0.2) is 36.7 Å². The van der Waals surface area contributed by atoms with Crippen molar-refractivity contribution in [3.8, 4) is 0 Å². The number of hydrogen-bond acceptors (Lipinski definition) is 5. The number of aromatic nitrogens is 2.